The van der Waals surface area contributed by atoms with Crippen LogP contribution in [0.4, 0.5) is 0 Å². The number of nitrogens with two attached hydrogens (primary N) is 1. The van der Waals surface area contributed by atoms with Crippen molar-refractivity contribution >= 4 is 0 Å². The summed E-state index contributed by atoms with van der Waals surface area (Å²) in [7, 11) is 0. The van der Waals surface area contributed by atoms with Crippen molar-refractivity contribution in [2.45, 2.75) is 6.42 Å². The van der Waals surface area contributed by atoms with E-state index in [1.807, 2.05) is 12.1 Å². The van der Waals surface area contributed by atoms with Crippen molar-refractivity contribution < 1.29 is 9.47 Å². The Balaban J connectivity index is 1.73. The Bertz CT molecular complexity index is 351. The van der Waals surface area contributed by atoms with Crippen LogP contribution < -0.4 is 10.5 Å². The molecule has 18 heavy (non-hydrogen) atoms. The molecule has 4 heteroatoms. The lowest BCUT2D eigenvalue weighted by Gasteiger charge is -2.26. The van der Waals surface area contributed by atoms with Crippen LogP contribution in [0.3, 0.4) is 0 Å². The van der Waals surface area contributed by atoms with E-state index in [0.717, 1.165) is 51.6 Å². The molecule has 0 bridgehead atoms. The van der Waals surface area contributed by atoms with Crippen molar-refractivity contribution in [3.05, 3.63) is 29.8 Å². The van der Waals surface area contributed by atoms with Crippen LogP contribution in [0.15, 0.2) is 24.3 Å². The van der Waals surface area contributed by atoms with Gasteiger partial charge in [0.2, 0.25) is 0 Å². The van der Waals surface area contributed by atoms with Gasteiger partial charge >= 0.3 is 0 Å². The Morgan fingerprint density at radius 2 is 2.11 bits per heavy atom. The minimum Gasteiger partial charge on any atom is -0.492 e. The van der Waals surface area contributed by atoms with Crippen LogP contribution in [0, 0.1) is 0 Å². The summed E-state index contributed by atoms with van der Waals surface area (Å²) < 4.78 is 11.1. The second-order valence-corrected chi connectivity index (χ2v) is 4.49. The van der Waals surface area contributed by atoms with Crippen LogP contribution in [-0.4, -0.2) is 50.9 Å². The SMILES string of the molecule is NCCc1cccc(OCCN2CCOCC2)c1. The molecule has 0 amide bonds. The van der Waals surface area contributed by atoms with Gasteiger partial charge < -0.3 is 15.2 Å². The molecule has 0 atom stereocenters. The first-order valence-corrected chi connectivity index (χ1v) is 6.60. The van der Waals surface area contributed by atoms with E-state index in [0.29, 0.717) is 6.54 Å². The van der Waals surface area contributed by atoms with Crippen LogP contribution in [-0.2, 0) is 11.2 Å². The highest BCUT2D eigenvalue weighted by Crippen LogP contribution is 2.13. The summed E-state index contributed by atoms with van der Waals surface area (Å²) in [5.74, 6) is 0.939. The van der Waals surface area contributed by atoms with Gasteiger partial charge in [-0.25, -0.2) is 0 Å². The predicted octanol–water partition coefficient (Wildman–Crippen LogP) is 0.899. The summed E-state index contributed by atoms with van der Waals surface area (Å²) >= 11 is 0. The maximum atomic E-state index is 5.77. The molecule has 0 radical (unpaired) electrons. The molecule has 0 spiro atoms. The highest BCUT2D eigenvalue weighted by Gasteiger charge is 2.09. The average Bonchev–Trinajstić information content (AvgIpc) is 2.41. The number of morpholine rings is 1. The van der Waals surface area contributed by atoms with E-state index in [2.05, 4.69) is 17.0 Å². The quantitative estimate of drug-likeness (QED) is 0.815. The van der Waals surface area contributed by atoms with Gasteiger partial charge in [0.1, 0.15) is 12.4 Å². The Hall–Kier alpha value is -1.10. The van der Waals surface area contributed by atoms with Crippen LogP contribution >= 0.6 is 0 Å². The van der Waals surface area contributed by atoms with Gasteiger partial charge in [-0.15, -0.1) is 0 Å². The molecule has 1 aromatic carbocycles. The molecular weight excluding hydrogens is 228 g/mol. The highest BCUT2D eigenvalue weighted by atomic mass is 16.5. The number of hydrogen-bond donors (Lipinski definition) is 1. The Morgan fingerprint density at radius 3 is 2.89 bits per heavy atom. The third-order valence-electron chi connectivity index (χ3n) is 3.11. The van der Waals surface area contributed by atoms with Gasteiger partial charge in [-0.3, -0.25) is 4.90 Å². The van der Waals surface area contributed by atoms with Gasteiger partial charge in [-0.1, -0.05) is 12.1 Å². The lowest BCUT2D eigenvalue weighted by Crippen LogP contribution is -2.38. The molecule has 2 rings (SSSR count). The van der Waals surface area contributed by atoms with Gasteiger partial charge in [0, 0.05) is 19.6 Å². The summed E-state index contributed by atoms with van der Waals surface area (Å²) in [4.78, 5) is 2.37. The first-order valence-electron chi connectivity index (χ1n) is 6.60. The van der Waals surface area contributed by atoms with Crippen molar-refractivity contribution in [2.75, 3.05) is 46.0 Å². The molecule has 0 saturated carbocycles. The molecule has 1 fully saturated rings. The second kappa shape index (κ2) is 7.36. The molecular formula is C14H22N2O2. The van der Waals surface area contributed by atoms with Crippen molar-refractivity contribution in [3.63, 3.8) is 0 Å². The number of rotatable bonds is 6. The number of benzene rings is 1. The molecule has 100 valence electrons. The van der Waals surface area contributed by atoms with E-state index in [1.165, 1.54) is 5.56 Å². The van der Waals surface area contributed by atoms with Gasteiger partial charge in [0.05, 0.1) is 13.2 Å². The van der Waals surface area contributed by atoms with E-state index in [-0.39, 0.29) is 0 Å². The van der Waals surface area contributed by atoms with Gasteiger partial charge in [-0.05, 0) is 30.7 Å². The molecule has 1 aromatic rings. The van der Waals surface area contributed by atoms with Gasteiger partial charge in [0.15, 0.2) is 0 Å². The lowest BCUT2D eigenvalue weighted by atomic mass is 10.1. The minimum absolute atomic E-state index is 0.678. The van der Waals surface area contributed by atoms with Crippen LogP contribution in [0.1, 0.15) is 5.56 Å². The predicted molar refractivity (Wildman–Crippen MR) is 72.0 cm³/mol. The molecule has 0 unspecified atom stereocenters. The number of nitrogens with zero attached hydrogens (tertiary/aromatic N) is 1. The van der Waals surface area contributed by atoms with Crippen molar-refractivity contribution in [2.24, 2.45) is 5.73 Å². The Kier molecular flexibility index (Phi) is 5.45. The van der Waals surface area contributed by atoms with E-state index in [9.17, 15) is 0 Å². The van der Waals surface area contributed by atoms with Gasteiger partial charge in [0.25, 0.3) is 0 Å². The largest absolute Gasteiger partial charge is 0.492 e. The number of ether oxygens (including phenoxy) is 2. The Morgan fingerprint density at radius 1 is 1.28 bits per heavy atom. The van der Waals surface area contributed by atoms with Gasteiger partial charge in [-0.2, -0.15) is 0 Å². The molecule has 1 saturated heterocycles. The fraction of sp³-hybridized carbons (Fsp3) is 0.571. The second-order valence-electron chi connectivity index (χ2n) is 4.49. The fourth-order valence-electron chi connectivity index (χ4n) is 2.07. The normalized spacial score (nSPS) is 16.7. The van der Waals surface area contributed by atoms with Crippen molar-refractivity contribution in [1.82, 2.24) is 4.90 Å². The average molecular weight is 250 g/mol. The van der Waals surface area contributed by atoms with Crippen molar-refractivity contribution in [1.29, 1.82) is 0 Å². The maximum absolute atomic E-state index is 5.77. The molecule has 1 aliphatic heterocycles. The summed E-state index contributed by atoms with van der Waals surface area (Å²) in [6, 6.07) is 8.18. The molecule has 0 aromatic heterocycles. The van der Waals surface area contributed by atoms with E-state index in [4.69, 9.17) is 15.2 Å². The summed E-state index contributed by atoms with van der Waals surface area (Å²) in [5.41, 5.74) is 6.79. The van der Waals surface area contributed by atoms with Crippen LogP contribution in [0.5, 0.6) is 5.75 Å². The lowest BCUT2D eigenvalue weighted by molar-refractivity contribution is 0.0322. The fourth-order valence-corrected chi connectivity index (χ4v) is 2.07. The molecule has 1 aliphatic rings. The molecule has 2 N–H and O–H groups in total. The topological polar surface area (TPSA) is 47.7 Å². The third kappa shape index (κ3) is 4.29. The standard InChI is InChI=1S/C14H22N2O2/c15-5-4-13-2-1-3-14(12-13)18-11-8-16-6-9-17-10-7-16/h1-3,12H,4-11,15H2. The molecule has 4 nitrogen and oxygen atoms in total. The highest BCUT2D eigenvalue weighted by molar-refractivity contribution is 5.28. The zero-order chi connectivity index (χ0) is 12.6. The summed E-state index contributed by atoms with van der Waals surface area (Å²) in [6.07, 6.45) is 0.903. The van der Waals surface area contributed by atoms with Crippen LogP contribution in [0.2, 0.25) is 0 Å². The smallest absolute Gasteiger partial charge is 0.119 e. The Labute approximate surface area is 109 Å². The van der Waals surface area contributed by atoms with E-state index in [1.54, 1.807) is 0 Å². The monoisotopic (exact) mass is 250 g/mol. The first-order chi connectivity index (χ1) is 8.88. The zero-order valence-corrected chi connectivity index (χ0v) is 10.8. The molecule has 1 heterocycles. The minimum atomic E-state index is 0.678. The third-order valence-corrected chi connectivity index (χ3v) is 3.11. The van der Waals surface area contributed by atoms with Crippen LogP contribution in [0.25, 0.3) is 0 Å². The van der Waals surface area contributed by atoms with Crippen molar-refractivity contribution in [3.8, 4) is 5.75 Å². The summed E-state index contributed by atoms with van der Waals surface area (Å²) in [6.45, 7) is 6.07. The molecule has 0 aliphatic carbocycles. The first kappa shape index (κ1) is 13.3. The maximum Gasteiger partial charge on any atom is 0.119 e. The van der Waals surface area contributed by atoms with E-state index < -0.39 is 0 Å². The number of hydrogen-bond acceptors (Lipinski definition) is 4. The summed E-state index contributed by atoms with van der Waals surface area (Å²) in [5, 5.41) is 0. The zero-order valence-electron chi connectivity index (χ0n) is 10.8. The van der Waals surface area contributed by atoms with E-state index >= 15 is 0 Å².